The van der Waals surface area contributed by atoms with Crippen LogP contribution in [0.4, 0.5) is 0 Å². The van der Waals surface area contributed by atoms with E-state index in [1.54, 1.807) is 0 Å². The quantitative estimate of drug-likeness (QED) is 0.162. The van der Waals surface area contributed by atoms with E-state index in [0.29, 0.717) is 6.10 Å². The summed E-state index contributed by atoms with van der Waals surface area (Å²) in [6.07, 6.45) is 26.3. The fraction of sp³-hybridized carbons (Fsp3) is 1.00. The van der Waals surface area contributed by atoms with Crippen molar-refractivity contribution in [2.24, 2.45) is 5.41 Å². The van der Waals surface area contributed by atoms with Gasteiger partial charge in [-0.2, -0.15) is 0 Å². The van der Waals surface area contributed by atoms with Gasteiger partial charge in [-0.15, -0.1) is 0 Å². The van der Waals surface area contributed by atoms with E-state index >= 15 is 0 Å². The highest BCUT2D eigenvalue weighted by molar-refractivity contribution is 5.08. The molecule has 1 heterocycles. The van der Waals surface area contributed by atoms with Gasteiger partial charge in [-0.25, -0.2) is 0 Å². The third-order valence-electron chi connectivity index (χ3n) is 8.73. The van der Waals surface area contributed by atoms with Gasteiger partial charge in [0.2, 0.25) is 0 Å². The smallest absolute Gasteiger partial charge is 0.169 e. The molecular weight excluding hydrogens is 416 g/mol. The van der Waals surface area contributed by atoms with Gasteiger partial charge >= 0.3 is 0 Å². The van der Waals surface area contributed by atoms with E-state index in [4.69, 9.17) is 9.47 Å². The molecule has 34 heavy (non-hydrogen) atoms. The largest absolute Gasteiger partial charge is 0.346 e. The average Bonchev–Trinajstić information content (AvgIpc) is 2.86. The Balaban J connectivity index is 3.71. The molecule has 2 heteroatoms. The lowest BCUT2D eigenvalue weighted by atomic mass is 9.57. The maximum atomic E-state index is 7.67. The van der Waals surface area contributed by atoms with E-state index < -0.39 is 0 Å². The van der Waals surface area contributed by atoms with Crippen molar-refractivity contribution in [1.82, 2.24) is 0 Å². The summed E-state index contributed by atoms with van der Waals surface area (Å²) in [4.78, 5) is 0. The molecule has 1 atom stereocenters. The number of unbranched alkanes of at least 4 members (excludes halogenated alkanes) is 7. The van der Waals surface area contributed by atoms with E-state index in [2.05, 4.69) is 48.5 Å². The highest BCUT2D eigenvalue weighted by atomic mass is 16.7. The normalized spacial score (nSPS) is 21.1. The minimum absolute atomic E-state index is 0.0263. The molecule has 0 saturated carbocycles. The van der Waals surface area contributed by atoms with Crippen molar-refractivity contribution in [3.05, 3.63) is 0 Å². The van der Waals surface area contributed by atoms with Crippen molar-refractivity contribution in [1.29, 1.82) is 0 Å². The second kappa shape index (κ2) is 17.4. The van der Waals surface area contributed by atoms with E-state index in [1.807, 2.05) is 0 Å². The van der Waals surface area contributed by atoms with E-state index in [0.717, 1.165) is 12.8 Å². The minimum Gasteiger partial charge on any atom is -0.346 e. The summed E-state index contributed by atoms with van der Waals surface area (Å²) in [5.41, 5.74) is 0.141. The zero-order valence-electron chi connectivity index (χ0n) is 24.7. The van der Waals surface area contributed by atoms with Crippen LogP contribution in [0, 0.1) is 5.41 Å². The Kier molecular flexibility index (Phi) is 16.3. The molecule has 1 rings (SSSR count). The van der Waals surface area contributed by atoms with Gasteiger partial charge in [-0.05, 0) is 44.9 Å². The van der Waals surface area contributed by atoms with Gasteiger partial charge in [0.1, 0.15) is 0 Å². The molecule has 0 aromatic carbocycles. The Hall–Kier alpha value is -0.0800. The van der Waals surface area contributed by atoms with Gasteiger partial charge in [0.05, 0.1) is 11.7 Å². The Labute approximate surface area is 215 Å². The van der Waals surface area contributed by atoms with Crippen LogP contribution >= 0.6 is 0 Å². The summed E-state index contributed by atoms with van der Waals surface area (Å²) in [5.74, 6) is -0.367. The van der Waals surface area contributed by atoms with Gasteiger partial charge in [0.15, 0.2) is 5.79 Å². The van der Waals surface area contributed by atoms with Crippen molar-refractivity contribution in [2.45, 2.75) is 201 Å². The van der Waals surface area contributed by atoms with Crippen molar-refractivity contribution < 1.29 is 9.47 Å². The fourth-order valence-corrected chi connectivity index (χ4v) is 6.65. The maximum Gasteiger partial charge on any atom is 0.169 e. The van der Waals surface area contributed by atoms with Crippen LogP contribution < -0.4 is 0 Å². The van der Waals surface area contributed by atoms with Gasteiger partial charge in [0, 0.05) is 18.3 Å². The first-order chi connectivity index (χ1) is 16.5. The Morgan fingerprint density at radius 1 is 0.471 bits per heavy atom. The van der Waals surface area contributed by atoms with Gasteiger partial charge in [-0.3, -0.25) is 0 Å². The average molecular weight is 481 g/mol. The maximum absolute atomic E-state index is 7.67. The lowest BCUT2D eigenvalue weighted by Gasteiger charge is -2.63. The Morgan fingerprint density at radius 3 is 1.26 bits per heavy atom. The molecule has 0 aromatic heterocycles. The SMILES string of the molecule is CCCCC1OC(CCCC)(CCCC)OC(CCCC)(CCCC)C1(CCCC)CCCC. The summed E-state index contributed by atoms with van der Waals surface area (Å²) in [7, 11) is 0. The molecule has 0 aromatic rings. The molecule has 1 fully saturated rings. The zero-order valence-corrected chi connectivity index (χ0v) is 24.7. The monoisotopic (exact) mass is 480 g/mol. The second-order valence-electron chi connectivity index (χ2n) is 11.5. The van der Waals surface area contributed by atoms with E-state index in [9.17, 15) is 0 Å². The minimum atomic E-state index is -0.367. The first kappa shape index (κ1) is 31.9. The highest BCUT2D eigenvalue weighted by Gasteiger charge is 2.62. The molecule has 1 aliphatic heterocycles. The zero-order chi connectivity index (χ0) is 25.3. The Morgan fingerprint density at radius 2 is 0.853 bits per heavy atom. The molecule has 1 unspecified atom stereocenters. The molecule has 0 radical (unpaired) electrons. The summed E-state index contributed by atoms with van der Waals surface area (Å²) in [6, 6.07) is 0. The van der Waals surface area contributed by atoms with Gasteiger partial charge in [0.25, 0.3) is 0 Å². The molecule has 0 amide bonds. The van der Waals surface area contributed by atoms with Crippen LogP contribution in [-0.2, 0) is 9.47 Å². The third kappa shape index (κ3) is 8.50. The number of hydrogen-bond donors (Lipinski definition) is 0. The van der Waals surface area contributed by atoms with Crippen LogP contribution in [0.25, 0.3) is 0 Å². The van der Waals surface area contributed by atoms with Crippen LogP contribution in [0.15, 0.2) is 0 Å². The Bertz CT molecular complexity index is 461. The van der Waals surface area contributed by atoms with E-state index in [-0.39, 0.29) is 16.8 Å². The molecule has 1 aliphatic rings. The van der Waals surface area contributed by atoms with Crippen LogP contribution in [0.1, 0.15) is 183 Å². The lowest BCUT2D eigenvalue weighted by molar-refractivity contribution is -0.410. The van der Waals surface area contributed by atoms with E-state index in [1.165, 1.54) is 122 Å². The van der Waals surface area contributed by atoms with Gasteiger partial charge < -0.3 is 9.47 Å². The van der Waals surface area contributed by atoms with Crippen LogP contribution in [0.2, 0.25) is 0 Å². The highest BCUT2D eigenvalue weighted by Crippen LogP contribution is 2.60. The van der Waals surface area contributed by atoms with Crippen LogP contribution in [-0.4, -0.2) is 17.5 Å². The number of rotatable bonds is 21. The standard InChI is InChI=1S/C32H64O2/c1-8-15-22-29-30(23-16-9-2,24-17-10-3)31(25-18-11-4,26-19-12-5)34-32(33-29,27-20-13-6)28-21-14-7/h29H,8-28H2,1-7H3. The molecule has 2 nitrogen and oxygen atoms in total. The predicted octanol–water partition coefficient (Wildman–Crippen LogP) is 11.2. The second-order valence-corrected chi connectivity index (χ2v) is 11.5. The molecule has 0 N–H and O–H groups in total. The van der Waals surface area contributed by atoms with Crippen molar-refractivity contribution in [3.63, 3.8) is 0 Å². The topological polar surface area (TPSA) is 18.5 Å². The van der Waals surface area contributed by atoms with Crippen molar-refractivity contribution in [3.8, 4) is 0 Å². The molecular formula is C32H64O2. The first-order valence-electron chi connectivity index (χ1n) is 15.9. The summed E-state index contributed by atoms with van der Waals surface area (Å²) in [5, 5.41) is 0. The molecule has 204 valence electrons. The molecule has 0 spiro atoms. The fourth-order valence-electron chi connectivity index (χ4n) is 6.65. The number of hydrogen-bond acceptors (Lipinski definition) is 2. The summed E-state index contributed by atoms with van der Waals surface area (Å²) < 4.78 is 15.1. The third-order valence-corrected chi connectivity index (χ3v) is 8.73. The summed E-state index contributed by atoms with van der Waals surface area (Å²) >= 11 is 0. The summed E-state index contributed by atoms with van der Waals surface area (Å²) in [6.45, 7) is 16.4. The molecule has 1 saturated heterocycles. The van der Waals surface area contributed by atoms with Gasteiger partial charge in [-0.1, -0.05) is 126 Å². The lowest BCUT2D eigenvalue weighted by Crippen LogP contribution is -2.67. The first-order valence-corrected chi connectivity index (χ1v) is 15.9. The number of ether oxygens (including phenoxy) is 2. The van der Waals surface area contributed by atoms with Crippen molar-refractivity contribution >= 4 is 0 Å². The van der Waals surface area contributed by atoms with Crippen LogP contribution in [0.3, 0.4) is 0 Å². The van der Waals surface area contributed by atoms with Crippen molar-refractivity contribution in [2.75, 3.05) is 0 Å². The van der Waals surface area contributed by atoms with Crippen LogP contribution in [0.5, 0.6) is 0 Å². The molecule has 0 bridgehead atoms. The predicted molar refractivity (Wildman–Crippen MR) is 151 cm³/mol. The molecule has 0 aliphatic carbocycles.